The molecule has 0 atom stereocenters. The van der Waals surface area contributed by atoms with Crippen LogP contribution in [-0.4, -0.2) is 43.8 Å². The van der Waals surface area contributed by atoms with Crippen molar-refractivity contribution in [3.63, 3.8) is 0 Å². The highest BCUT2D eigenvalue weighted by atomic mass is 35.5. The minimum atomic E-state index is -0.329. The molecular weight excluding hydrogens is 258 g/mol. The molecule has 0 amide bonds. The lowest BCUT2D eigenvalue weighted by Gasteiger charge is -2.25. The predicted octanol–water partition coefficient (Wildman–Crippen LogP) is 1.71. The van der Waals surface area contributed by atoms with Gasteiger partial charge in [0.15, 0.2) is 0 Å². The number of hydrogen-bond donors (Lipinski definition) is 0. The number of rotatable bonds is 4. The quantitative estimate of drug-likeness (QED) is 0.783. The fourth-order valence-corrected chi connectivity index (χ4v) is 1.76. The van der Waals surface area contributed by atoms with Gasteiger partial charge in [0.2, 0.25) is 0 Å². The summed E-state index contributed by atoms with van der Waals surface area (Å²) >= 11 is 0. The molecule has 1 fully saturated rings. The van der Waals surface area contributed by atoms with E-state index in [-0.39, 0.29) is 18.4 Å². The van der Waals surface area contributed by atoms with Crippen molar-refractivity contribution in [3.05, 3.63) is 23.7 Å². The van der Waals surface area contributed by atoms with Gasteiger partial charge in [0.1, 0.15) is 12.0 Å². The molecule has 0 N–H and O–H groups in total. The Kier molecular flexibility index (Phi) is 6.18. The monoisotopic (exact) mass is 275 g/mol. The summed E-state index contributed by atoms with van der Waals surface area (Å²) in [5, 5.41) is 0. The van der Waals surface area contributed by atoms with Gasteiger partial charge >= 0.3 is 5.97 Å². The number of morpholine rings is 1. The van der Waals surface area contributed by atoms with Crippen molar-refractivity contribution in [2.75, 3.05) is 32.9 Å². The van der Waals surface area contributed by atoms with Crippen LogP contribution in [0.2, 0.25) is 0 Å². The first kappa shape index (κ1) is 15.0. The van der Waals surface area contributed by atoms with Crippen molar-refractivity contribution in [2.24, 2.45) is 0 Å². The number of carbonyl (C=O) groups is 1. The van der Waals surface area contributed by atoms with Gasteiger partial charge in [-0.25, -0.2) is 4.79 Å². The molecule has 6 heteroatoms. The van der Waals surface area contributed by atoms with Crippen molar-refractivity contribution in [3.8, 4) is 0 Å². The highest BCUT2D eigenvalue weighted by Gasteiger charge is 2.15. The van der Waals surface area contributed by atoms with E-state index in [1.807, 2.05) is 0 Å². The molecule has 0 unspecified atom stereocenters. The van der Waals surface area contributed by atoms with E-state index in [1.165, 1.54) is 6.26 Å². The standard InChI is InChI=1S/C12H17NO4.ClH/c1-2-16-12(14)10-7-11(17-9-10)8-13-3-5-15-6-4-13;/h7,9H,2-6,8H2,1H3;1H. The third-order valence-corrected chi connectivity index (χ3v) is 2.65. The van der Waals surface area contributed by atoms with Gasteiger partial charge in [0.05, 0.1) is 31.9 Å². The predicted molar refractivity (Wildman–Crippen MR) is 68.0 cm³/mol. The molecule has 1 aliphatic rings. The van der Waals surface area contributed by atoms with Crippen LogP contribution < -0.4 is 0 Å². The maximum absolute atomic E-state index is 11.4. The zero-order valence-corrected chi connectivity index (χ0v) is 11.2. The smallest absolute Gasteiger partial charge is 0.341 e. The minimum Gasteiger partial charge on any atom is -0.467 e. The summed E-state index contributed by atoms with van der Waals surface area (Å²) in [6.45, 7) is 6.18. The lowest BCUT2D eigenvalue weighted by atomic mass is 10.3. The van der Waals surface area contributed by atoms with E-state index in [0.29, 0.717) is 18.7 Å². The molecule has 0 spiro atoms. The topological polar surface area (TPSA) is 51.9 Å². The molecular formula is C12H18ClNO4. The molecule has 5 nitrogen and oxygen atoms in total. The average Bonchev–Trinajstić information content (AvgIpc) is 2.79. The highest BCUT2D eigenvalue weighted by Crippen LogP contribution is 2.12. The number of ether oxygens (including phenoxy) is 2. The molecule has 1 saturated heterocycles. The van der Waals surface area contributed by atoms with Crippen molar-refractivity contribution >= 4 is 18.4 Å². The summed E-state index contributed by atoms with van der Waals surface area (Å²) in [5.41, 5.74) is 0.482. The van der Waals surface area contributed by atoms with Crippen molar-refractivity contribution in [2.45, 2.75) is 13.5 Å². The number of furan rings is 1. The molecule has 1 aliphatic heterocycles. The fraction of sp³-hybridized carbons (Fsp3) is 0.583. The highest BCUT2D eigenvalue weighted by molar-refractivity contribution is 5.89. The van der Waals surface area contributed by atoms with E-state index >= 15 is 0 Å². The summed E-state index contributed by atoms with van der Waals surface area (Å²) in [7, 11) is 0. The molecule has 102 valence electrons. The van der Waals surface area contributed by atoms with Crippen LogP contribution in [0.1, 0.15) is 23.0 Å². The molecule has 0 aliphatic carbocycles. The van der Waals surface area contributed by atoms with E-state index < -0.39 is 0 Å². The van der Waals surface area contributed by atoms with E-state index in [1.54, 1.807) is 13.0 Å². The SMILES string of the molecule is CCOC(=O)c1coc(CN2CCOCC2)c1.Cl. The van der Waals surface area contributed by atoms with E-state index in [0.717, 1.165) is 32.1 Å². The van der Waals surface area contributed by atoms with E-state index in [2.05, 4.69) is 4.90 Å². The van der Waals surface area contributed by atoms with Gasteiger partial charge in [-0.3, -0.25) is 4.90 Å². The Morgan fingerprint density at radius 1 is 1.44 bits per heavy atom. The van der Waals surface area contributed by atoms with Crippen molar-refractivity contribution in [1.29, 1.82) is 0 Å². The van der Waals surface area contributed by atoms with Crippen LogP contribution in [0.15, 0.2) is 16.7 Å². The minimum absolute atomic E-state index is 0. The summed E-state index contributed by atoms with van der Waals surface area (Å²) < 4.78 is 15.5. The van der Waals surface area contributed by atoms with Gasteiger partial charge in [0.25, 0.3) is 0 Å². The van der Waals surface area contributed by atoms with Gasteiger partial charge < -0.3 is 13.9 Å². The summed E-state index contributed by atoms with van der Waals surface area (Å²) in [5.74, 6) is 0.458. The van der Waals surface area contributed by atoms with Gasteiger partial charge in [-0.15, -0.1) is 12.4 Å². The van der Waals surface area contributed by atoms with E-state index in [4.69, 9.17) is 13.9 Å². The van der Waals surface area contributed by atoms with Crippen molar-refractivity contribution < 1.29 is 18.7 Å². The molecule has 0 bridgehead atoms. The lowest BCUT2D eigenvalue weighted by Crippen LogP contribution is -2.35. The Hall–Kier alpha value is -1.04. The first-order valence-corrected chi connectivity index (χ1v) is 5.84. The second-order valence-electron chi connectivity index (χ2n) is 3.91. The van der Waals surface area contributed by atoms with Gasteiger partial charge in [-0.1, -0.05) is 0 Å². The molecule has 0 saturated carbocycles. The number of halogens is 1. The van der Waals surface area contributed by atoms with Gasteiger partial charge in [-0.05, 0) is 13.0 Å². The molecule has 0 radical (unpaired) electrons. The summed E-state index contributed by atoms with van der Waals surface area (Å²) in [6.07, 6.45) is 1.45. The molecule has 2 rings (SSSR count). The third-order valence-electron chi connectivity index (χ3n) is 2.65. The molecule has 1 aromatic rings. The second kappa shape index (κ2) is 7.41. The van der Waals surface area contributed by atoms with Crippen LogP contribution in [0.4, 0.5) is 0 Å². The maximum atomic E-state index is 11.4. The zero-order chi connectivity index (χ0) is 12.1. The normalized spacial score (nSPS) is 16.1. The molecule has 18 heavy (non-hydrogen) atoms. The van der Waals surface area contributed by atoms with Crippen LogP contribution in [-0.2, 0) is 16.0 Å². The van der Waals surface area contributed by atoms with Gasteiger partial charge in [-0.2, -0.15) is 0 Å². The van der Waals surface area contributed by atoms with Gasteiger partial charge in [0, 0.05) is 13.1 Å². The zero-order valence-electron chi connectivity index (χ0n) is 10.4. The number of carbonyl (C=O) groups excluding carboxylic acids is 1. The maximum Gasteiger partial charge on any atom is 0.341 e. The van der Waals surface area contributed by atoms with E-state index in [9.17, 15) is 4.79 Å². The van der Waals surface area contributed by atoms with Crippen LogP contribution in [0, 0.1) is 0 Å². The third kappa shape index (κ3) is 4.01. The molecule has 0 aromatic carbocycles. The largest absolute Gasteiger partial charge is 0.467 e. The Bertz CT molecular complexity index is 374. The number of nitrogens with zero attached hydrogens (tertiary/aromatic N) is 1. The summed E-state index contributed by atoms with van der Waals surface area (Å²) in [4.78, 5) is 13.7. The first-order valence-electron chi connectivity index (χ1n) is 5.84. The Morgan fingerprint density at radius 3 is 2.83 bits per heavy atom. The van der Waals surface area contributed by atoms with Crippen LogP contribution >= 0.6 is 12.4 Å². The van der Waals surface area contributed by atoms with Crippen molar-refractivity contribution in [1.82, 2.24) is 4.90 Å². The fourth-order valence-electron chi connectivity index (χ4n) is 1.76. The second-order valence-corrected chi connectivity index (χ2v) is 3.91. The Labute approximate surface area is 112 Å². The lowest BCUT2D eigenvalue weighted by molar-refractivity contribution is 0.0313. The number of esters is 1. The van der Waals surface area contributed by atoms with Crippen LogP contribution in [0.3, 0.4) is 0 Å². The molecule has 1 aromatic heterocycles. The molecule has 2 heterocycles. The first-order chi connectivity index (χ1) is 8.29. The van der Waals surface area contributed by atoms with Crippen LogP contribution in [0.25, 0.3) is 0 Å². The van der Waals surface area contributed by atoms with Crippen LogP contribution in [0.5, 0.6) is 0 Å². The summed E-state index contributed by atoms with van der Waals surface area (Å²) in [6, 6.07) is 1.74. The Morgan fingerprint density at radius 2 is 2.17 bits per heavy atom. The average molecular weight is 276 g/mol. The number of hydrogen-bond acceptors (Lipinski definition) is 5. The Balaban J connectivity index is 0.00000162.